The minimum Gasteiger partial charge on any atom is -0.496 e. The summed E-state index contributed by atoms with van der Waals surface area (Å²) in [5.41, 5.74) is 2.63. The highest BCUT2D eigenvalue weighted by Crippen LogP contribution is 2.27. The van der Waals surface area contributed by atoms with Crippen molar-refractivity contribution in [2.75, 3.05) is 13.7 Å². The second kappa shape index (κ2) is 8.48. The maximum Gasteiger partial charge on any atom is 0.255 e. The van der Waals surface area contributed by atoms with E-state index in [0.29, 0.717) is 16.9 Å². The van der Waals surface area contributed by atoms with E-state index in [1.807, 2.05) is 6.07 Å². The van der Waals surface area contributed by atoms with E-state index in [1.54, 1.807) is 54.9 Å². The Morgan fingerprint density at radius 1 is 1.22 bits per heavy atom. The fourth-order valence-corrected chi connectivity index (χ4v) is 2.82. The molecule has 3 rings (SSSR count). The molecule has 0 radical (unpaired) electrons. The zero-order valence-corrected chi connectivity index (χ0v) is 14.8. The van der Waals surface area contributed by atoms with Crippen LogP contribution in [0.3, 0.4) is 0 Å². The molecular formula is C20H21N3O4. The van der Waals surface area contributed by atoms with Gasteiger partial charge in [-0.25, -0.2) is 0 Å². The number of aliphatic hydroxyl groups excluding tert-OH is 2. The molecule has 0 saturated heterocycles. The highest BCUT2D eigenvalue weighted by molar-refractivity contribution is 5.97. The topological polar surface area (TPSA) is 107 Å². The van der Waals surface area contributed by atoms with Gasteiger partial charge in [0.15, 0.2) is 0 Å². The van der Waals surface area contributed by atoms with Crippen molar-refractivity contribution in [2.45, 2.75) is 12.1 Å². The average Bonchev–Trinajstić information content (AvgIpc) is 3.26. The van der Waals surface area contributed by atoms with Gasteiger partial charge >= 0.3 is 0 Å². The number of aliphatic hydroxyl groups is 2. The fourth-order valence-electron chi connectivity index (χ4n) is 2.82. The van der Waals surface area contributed by atoms with E-state index >= 15 is 0 Å². The fraction of sp³-hybridized carbons (Fsp3) is 0.200. The molecule has 0 bridgehead atoms. The van der Waals surface area contributed by atoms with Crippen LogP contribution in [0.2, 0.25) is 0 Å². The summed E-state index contributed by atoms with van der Waals surface area (Å²) in [4.78, 5) is 12.7. The maximum atomic E-state index is 12.7. The van der Waals surface area contributed by atoms with Crippen LogP contribution >= 0.6 is 0 Å². The molecule has 0 spiro atoms. The number of H-pyrrole nitrogens is 1. The largest absolute Gasteiger partial charge is 0.496 e. The number of amides is 1. The Balaban J connectivity index is 1.80. The van der Waals surface area contributed by atoms with Gasteiger partial charge in [0.2, 0.25) is 0 Å². The molecule has 0 aliphatic rings. The number of hydrogen-bond donors (Lipinski definition) is 4. The molecule has 0 aliphatic heterocycles. The molecule has 0 fully saturated rings. The number of ether oxygens (including phenoxy) is 1. The maximum absolute atomic E-state index is 12.7. The lowest BCUT2D eigenvalue weighted by molar-refractivity contribution is 0.0701. The van der Waals surface area contributed by atoms with E-state index in [9.17, 15) is 15.0 Å². The van der Waals surface area contributed by atoms with Crippen LogP contribution in [0.1, 0.15) is 22.0 Å². The molecule has 0 unspecified atom stereocenters. The van der Waals surface area contributed by atoms with Gasteiger partial charge in [-0.15, -0.1) is 0 Å². The summed E-state index contributed by atoms with van der Waals surface area (Å²) in [5.74, 6) is -0.0586. The van der Waals surface area contributed by atoms with Gasteiger partial charge in [0.05, 0.1) is 31.5 Å². The van der Waals surface area contributed by atoms with Gasteiger partial charge in [-0.2, -0.15) is 5.10 Å². The summed E-state index contributed by atoms with van der Waals surface area (Å²) in [5, 5.41) is 29.4. The van der Waals surface area contributed by atoms with Crippen molar-refractivity contribution >= 4 is 5.91 Å². The van der Waals surface area contributed by atoms with Crippen LogP contribution in [0, 0.1) is 0 Å². The quantitative estimate of drug-likeness (QED) is 0.510. The SMILES string of the molecule is COc1cc(-c2cn[nH]c2)ccc1C(=O)N[C@H](CO)[C@H](O)c1ccccc1. The zero-order valence-electron chi connectivity index (χ0n) is 14.8. The second-order valence-electron chi connectivity index (χ2n) is 6.02. The van der Waals surface area contributed by atoms with Gasteiger partial charge in [-0.05, 0) is 23.3 Å². The van der Waals surface area contributed by atoms with E-state index in [2.05, 4.69) is 15.5 Å². The van der Waals surface area contributed by atoms with Crippen molar-refractivity contribution in [3.05, 3.63) is 72.1 Å². The Hall–Kier alpha value is -3.16. The molecule has 7 heteroatoms. The average molecular weight is 367 g/mol. The summed E-state index contributed by atoms with van der Waals surface area (Å²) in [7, 11) is 1.48. The molecule has 2 atom stereocenters. The van der Waals surface area contributed by atoms with Crippen molar-refractivity contribution in [3.63, 3.8) is 0 Å². The smallest absolute Gasteiger partial charge is 0.255 e. The van der Waals surface area contributed by atoms with Gasteiger partial charge < -0.3 is 20.3 Å². The predicted octanol–water partition coefficient (Wildman–Crippen LogP) is 1.91. The summed E-state index contributed by atoms with van der Waals surface area (Å²) in [6, 6.07) is 13.2. The normalized spacial score (nSPS) is 13.0. The summed E-state index contributed by atoms with van der Waals surface area (Å²) >= 11 is 0. The zero-order chi connectivity index (χ0) is 19.2. The van der Waals surface area contributed by atoms with Crippen LogP contribution in [-0.4, -0.2) is 46.1 Å². The number of methoxy groups -OCH3 is 1. The third-order valence-corrected chi connectivity index (χ3v) is 4.31. The van der Waals surface area contributed by atoms with Crippen LogP contribution in [0.4, 0.5) is 0 Å². The molecule has 2 aromatic carbocycles. The van der Waals surface area contributed by atoms with Crippen molar-refractivity contribution in [1.29, 1.82) is 0 Å². The molecule has 4 N–H and O–H groups in total. The van der Waals surface area contributed by atoms with Gasteiger partial charge in [-0.1, -0.05) is 36.4 Å². The van der Waals surface area contributed by atoms with Crippen LogP contribution in [0.5, 0.6) is 5.75 Å². The van der Waals surface area contributed by atoms with Gasteiger partial charge in [0.25, 0.3) is 5.91 Å². The van der Waals surface area contributed by atoms with Gasteiger partial charge in [-0.3, -0.25) is 9.89 Å². The molecule has 1 amide bonds. The molecule has 1 heterocycles. The number of aromatic amines is 1. The van der Waals surface area contributed by atoms with Crippen molar-refractivity contribution < 1.29 is 19.7 Å². The lowest BCUT2D eigenvalue weighted by atomic mass is 10.0. The Kier molecular flexibility index (Phi) is 5.85. The third kappa shape index (κ3) is 4.16. The third-order valence-electron chi connectivity index (χ3n) is 4.31. The molecule has 140 valence electrons. The van der Waals surface area contributed by atoms with E-state index in [-0.39, 0.29) is 0 Å². The molecule has 0 aliphatic carbocycles. The van der Waals surface area contributed by atoms with Crippen LogP contribution in [-0.2, 0) is 0 Å². The van der Waals surface area contributed by atoms with Crippen molar-refractivity contribution in [1.82, 2.24) is 15.5 Å². The number of benzene rings is 2. The number of rotatable bonds is 7. The number of carbonyl (C=O) groups excluding carboxylic acids is 1. The predicted molar refractivity (Wildman–Crippen MR) is 100 cm³/mol. The van der Waals surface area contributed by atoms with Crippen LogP contribution in [0.15, 0.2) is 60.9 Å². The van der Waals surface area contributed by atoms with Crippen molar-refractivity contribution in [2.24, 2.45) is 0 Å². The molecular weight excluding hydrogens is 346 g/mol. The minimum absolute atomic E-state index is 0.309. The first-order valence-corrected chi connectivity index (χ1v) is 8.46. The van der Waals surface area contributed by atoms with Gasteiger partial charge in [0, 0.05) is 11.8 Å². The molecule has 7 nitrogen and oxygen atoms in total. The van der Waals surface area contributed by atoms with E-state index in [4.69, 9.17) is 4.74 Å². The standard InChI is InChI=1S/C20H21N3O4/c1-27-18-9-14(15-10-21-22-11-15)7-8-16(18)20(26)23-17(12-24)19(25)13-5-3-2-4-6-13/h2-11,17,19,24-25H,12H2,1H3,(H,21,22)(H,23,26)/t17-,19-/m1/s1. The Labute approximate surface area is 156 Å². The van der Waals surface area contributed by atoms with Crippen LogP contribution in [0.25, 0.3) is 11.1 Å². The van der Waals surface area contributed by atoms with E-state index in [0.717, 1.165) is 11.1 Å². The van der Waals surface area contributed by atoms with Gasteiger partial charge in [0.1, 0.15) is 11.9 Å². The minimum atomic E-state index is -1.03. The Morgan fingerprint density at radius 2 is 2.00 bits per heavy atom. The summed E-state index contributed by atoms with van der Waals surface area (Å²) in [6.07, 6.45) is 2.38. The highest BCUT2D eigenvalue weighted by Gasteiger charge is 2.24. The lowest BCUT2D eigenvalue weighted by Crippen LogP contribution is -2.42. The first kappa shape index (κ1) is 18.6. The van der Waals surface area contributed by atoms with E-state index < -0.39 is 24.7 Å². The van der Waals surface area contributed by atoms with Crippen molar-refractivity contribution in [3.8, 4) is 16.9 Å². The lowest BCUT2D eigenvalue weighted by Gasteiger charge is -2.23. The summed E-state index contributed by atoms with van der Waals surface area (Å²) < 4.78 is 5.35. The summed E-state index contributed by atoms with van der Waals surface area (Å²) in [6.45, 7) is -0.406. The molecule has 3 aromatic rings. The number of hydrogen-bond acceptors (Lipinski definition) is 5. The highest BCUT2D eigenvalue weighted by atomic mass is 16.5. The Bertz CT molecular complexity index is 882. The number of aromatic nitrogens is 2. The number of nitrogens with zero attached hydrogens (tertiary/aromatic N) is 1. The van der Waals surface area contributed by atoms with Crippen LogP contribution < -0.4 is 10.1 Å². The molecule has 1 aromatic heterocycles. The molecule has 27 heavy (non-hydrogen) atoms. The number of nitrogens with one attached hydrogen (secondary N) is 2. The first-order valence-electron chi connectivity index (χ1n) is 8.46. The number of carbonyl (C=O) groups is 1. The molecule has 0 saturated carbocycles. The monoisotopic (exact) mass is 367 g/mol. The van der Waals surface area contributed by atoms with E-state index in [1.165, 1.54) is 7.11 Å². The second-order valence-corrected chi connectivity index (χ2v) is 6.02. The first-order chi connectivity index (χ1) is 13.1. The Morgan fingerprint density at radius 3 is 2.63 bits per heavy atom.